The molecule has 0 spiro atoms. The number of para-hydroxylation sites is 1. The highest BCUT2D eigenvalue weighted by molar-refractivity contribution is 7.99. The Balaban J connectivity index is 1.76. The highest BCUT2D eigenvalue weighted by atomic mass is 32.2. The summed E-state index contributed by atoms with van der Waals surface area (Å²) in [5.41, 5.74) is 5.89. The molecule has 0 radical (unpaired) electrons. The second-order valence-corrected chi connectivity index (χ2v) is 5.25. The van der Waals surface area contributed by atoms with E-state index in [4.69, 9.17) is 0 Å². The van der Waals surface area contributed by atoms with Crippen LogP contribution in [0.15, 0.2) is 41.9 Å². The van der Waals surface area contributed by atoms with E-state index in [2.05, 4.69) is 45.0 Å². The van der Waals surface area contributed by atoms with Crippen LogP contribution in [-0.2, 0) is 0 Å². The lowest BCUT2D eigenvalue weighted by molar-refractivity contribution is 0.661. The number of aromatic nitrogens is 4. The standard InChI is InChI=1S/C12H11N5S/c1-2-4-10-8(3-1)9(5-13-10)11-6-18-12-15-14-7-17(12)16-11/h1-5,7,11,13,16H,6H2. The SMILES string of the molecule is c1ccc2c(C3CSc4nncn4N3)c[nH]c2c1. The molecule has 4 rings (SSSR count). The average molecular weight is 257 g/mol. The molecule has 1 aromatic carbocycles. The second-order valence-electron chi connectivity index (χ2n) is 4.27. The van der Waals surface area contributed by atoms with Crippen molar-refractivity contribution in [3.63, 3.8) is 0 Å². The number of nitrogens with zero attached hydrogens (tertiary/aromatic N) is 3. The molecule has 3 aromatic rings. The van der Waals surface area contributed by atoms with E-state index in [9.17, 15) is 0 Å². The Kier molecular flexibility index (Phi) is 2.10. The Morgan fingerprint density at radius 3 is 3.28 bits per heavy atom. The van der Waals surface area contributed by atoms with Gasteiger partial charge in [0.05, 0.1) is 6.04 Å². The van der Waals surface area contributed by atoms with Gasteiger partial charge in [0.15, 0.2) is 0 Å². The van der Waals surface area contributed by atoms with Crippen LogP contribution >= 0.6 is 11.8 Å². The fourth-order valence-corrected chi connectivity index (χ4v) is 3.23. The zero-order chi connectivity index (χ0) is 11.9. The first-order valence-corrected chi connectivity index (χ1v) is 6.76. The molecule has 2 N–H and O–H groups in total. The largest absolute Gasteiger partial charge is 0.361 e. The topological polar surface area (TPSA) is 58.5 Å². The van der Waals surface area contributed by atoms with Crippen molar-refractivity contribution in [3.8, 4) is 0 Å². The summed E-state index contributed by atoms with van der Waals surface area (Å²) in [7, 11) is 0. The van der Waals surface area contributed by atoms with Crippen molar-refractivity contribution in [1.82, 2.24) is 19.9 Å². The predicted octanol–water partition coefficient (Wildman–Crippen LogP) is 2.15. The number of hydrogen-bond donors (Lipinski definition) is 2. The predicted molar refractivity (Wildman–Crippen MR) is 71.1 cm³/mol. The number of nitrogens with one attached hydrogen (secondary N) is 2. The highest BCUT2D eigenvalue weighted by Gasteiger charge is 2.22. The summed E-state index contributed by atoms with van der Waals surface area (Å²) < 4.78 is 1.89. The molecule has 2 aromatic heterocycles. The molecular formula is C12H11N5S. The zero-order valence-electron chi connectivity index (χ0n) is 9.50. The molecule has 1 aliphatic heterocycles. The number of aromatic amines is 1. The summed E-state index contributed by atoms with van der Waals surface area (Å²) >= 11 is 1.72. The third-order valence-corrected chi connectivity index (χ3v) is 4.22. The molecule has 1 atom stereocenters. The Morgan fingerprint density at radius 1 is 1.33 bits per heavy atom. The van der Waals surface area contributed by atoms with Gasteiger partial charge in [-0.3, -0.25) is 0 Å². The zero-order valence-corrected chi connectivity index (χ0v) is 10.3. The van der Waals surface area contributed by atoms with Gasteiger partial charge in [-0.15, -0.1) is 10.2 Å². The van der Waals surface area contributed by atoms with Crippen molar-refractivity contribution in [2.45, 2.75) is 11.2 Å². The van der Waals surface area contributed by atoms with Crippen LogP contribution in [0, 0.1) is 0 Å². The minimum atomic E-state index is 0.273. The van der Waals surface area contributed by atoms with Gasteiger partial charge >= 0.3 is 0 Å². The van der Waals surface area contributed by atoms with Crippen molar-refractivity contribution in [3.05, 3.63) is 42.4 Å². The van der Waals surface area contributed by atoms with E-state index in [1.165, 1.54) is 16.5 Å². The molecule has 1 aliphatic rings. The van der Waals surface area contributed by atoms with Crippen LogP contribution in [0.1, 0.15) is 11.6 Å². The first-order chi connectivity index (χ1) is 8.92. The van der Waals surface area contributed by atoms with Gasteiger partial charge in [0.1, 0.15) is 6.33 Å². The normalized spacial score (nSPS) is 18.6. The first-order valence-electron chi connectivity index (χ1n) is 5.77. The monoisotopic (exact) mass is 257 g/mol. The third-order valence-electron chi connectivity index (χ3n) is 3.19. The van der Waals surface area contributed by atoms with Gasteiger partial charge in [0.25, 0.3) is 0 Å². The smallest absolute Gasteiger partial charge is 0.209 e. The minimum Gasteiger partial charge on any atom is -0.361 e. The fourth-order valence-electron chi connectivity index (χ4n) is 2.32. The van der Waals surface area contributed by atoms with Crippen molar-refractivity contribution >= 4 is 22.7 Å². The first kappa shape index (κ1) is 10.0. The molecule has 90 valence electrons. The van der Waals surface area contributed by atoms with Crippen LogP contribution in [0.2, 0.25) is 0 Å². The van der Waals surface area contributed by atoms with Gasteiger partial charge in [-0.25, -0.2) is 4.68 Å². The molecule has 3 heterocycles. The van der Waals surface area contributed by atoms with Crippen LogP contribution in [0.4, 0.5) is 0 Å². The van der Waals surface area contributed by atoms with Crippen LogP contribution in [0.25, 0.3) is 10.9 Å². The molecule has 0 bridgehead atoms. The molecule has 5 nitrogen and oxygen atoms in total. The summed E-state index contributed by atoms with van der Waals surface area (Å²) in [6.45, 7) is 0. The molecule has 1 unspecified atom stereocenters. The third kappa shape index (κ3) is 1.42. The van der Waals surface area contributed by atoms with Gasteiger partial charge in [0.2, 0.25) is 5.16 Å². The fraction of sp³-hybridized carbons (Fsp3) is 0.167. The van der Waals surface area contributed by atoms with Crippen LogP contribution < -0.4 is 5.43 Å². The molecule has 0 aliphatic carbocycles. The van der Waals surface area contributed by atoms with E-state index in [1.807, 2.05) is 10.7 Å². The van der Waals surface area contributed by atoms with Gasteiger partial charge < -0.3 is 10.4 Å². The summed E-state index contributed by atoms with van der Waals surface area (Å²) in [6, 6.07) is 8.63. The minimum absolute atomic E-state index is 0.273. The van der Waals surface area contributed by atoms with Crippen LogP contribution in [-0.4, -0.2) is 25.6 Å². The molecule has 0 saturated heterocycles. The molecule has 0 fully saturated rings. The summed E-state index contributed by atoms with van der Waals surface area (Å²) in [4.78, 5) is 3.31. The Bertz CT molecular complexity index is 701. The van der Waals surface area contributed by atoms with Gasteiger partial charge in [-0.05, 0) is 6.07 Å². The molecule has 0 amide bonds. The molecule has 6 heteroatoms. The lowest BCUT2D eigenvalue weighted by Crippen LogP contribution is -2.26. The number of thioether (sulfide) groups is 1. The molecule has 18 heavy (non-hydrogen) atoms. The Morgan fingerprint density at radius 2 is 2.28 bits per heavy atom. The van der Waals surface area contributed by atoms with Gasteiger partial charge in [-0.1, -0.05) is 30.0 Å². The van der Waals surface area contributed by atoms with Crippen molar-refractivity contribution < 1.29 is 0 Å². The average Bonchev–Trinajstić information content (AvgIpc) is 3.04. The maximum absolute atomic E-state index is 4.04. The van der Waals surface area contributed by atoms with E-state index in [-0.39, 0.29) is 6.04 Å². The van der Waals surface area contributed by atoms with Crippen LogP contribution in [0.5, 0.6) is 0 Å². The maximum atomic E-state index is 4.04. The van der Waals surface area contributed by atoms with Crippen LogP contribution in [0.3, 0.4) is 0 Å². The van der Waals surface area contributed by atoms with E-state index in [0.717, 1.165) is 10.9 Å². The van der Waals surface area contributed by atoms with Gasteiger partial charge in [0, 0.05) is 28.4 Å². The summed E-state index contributed by atoms with van der Waals surface area (Å²) in [5.74, 6) is 0.959. The maximum Gasteiger partial charge on any atom is 0.209 e. The molecule has 0 saturated carbocycles. The quantitative estimate of drug-likeness (QED) is 0.701. The van der Waals surface area contributed by atoms with E-state index >= 15 is 0 Å². The lowest BCUT2D eigenvalue weighted by atomic mass is 10.1. The van der Waals surface area contributed by atoms with E-state index < -0.39 is 0 Å². The number of rotatable bonds is 1. The lowest BCUT2D eigenvalue weighted by Gasteiger charge is -2.24. The van der Waals surface area contributed by atoms with Crippen molar-refractivity contribution in [2.75, 3.05) is 11.2 Å². The highest BCUT2D eigenvalue weighted by Crippen LogP contribution is 2.32. The number of benzene rings is 1. The van der Waals surface area contributed by atoms with E-state index in [0.29, 0.717) is 0 Å². The number of hydrogen-bond acceptors (Lipinski definition) is 4. The van der Waals surface area contributed by atoms with Gasteiger partial charge in [-0.2, -0.15) is 0 Å². The van der Waals surface area contributed by atoms with Crippen molar-refractivity contribution in [1.29, 1.82) is 0 Å². The molecular weight excluding hydrogens is 246 g/mol. The summed E-state index contributed by atoms with van der Waals surface area (Å²) in [6.07, 6.45) is 3.79. The Labute approximate surface area is 108 Å². The number of fused-ring (bicyclic) bond motifs is 2. The Hall–Kier alpha value is -1.95. The number of H-pyrrole nitrogens is 1. The summed E-state index contributed by atoms with van der Waals surface area (Å²) in [5, 5.41) is 10.1. The van der Waals surface area contributed by atoms with Crippen molar-refractivity contribution in [2.24, 2.45) is 0 Å². The van der Waals surface area contributed by atoms with E-state index in [1.54, 1.807) is 18.1 Å². The second kappa shape index (κ2) is 3.78.